The van der Waals surface area contributed by atoms with Crippen LogP contribution in [-0.4, -0.2) is 16.8 Å². The van der Waals surface area contributed by atoms with E-state index < -0.39 is 11.8 Å². The van der Waals surface area contributed by atoms with Crippen LogP contribution in [0.3, 0.4) is 0 Å². The van der Waals surface area contributed by atoms with Gasteiger partial charge in [0.1, 0.15) is 0 Å². The maximum Gasteiger partial charge on any atom is 0.313 e. The summed E-state index contributed by atoms with van der Waals surface area (Å²) >= 11 is 3.38. The summed E-state index contributed by atoms with van der Waals surface area (Å²) in [6.45, 7) is 2.12. The van der Waals surface area contributed by atoms with Crippen LogP contribution in [0.15, 0.2) is 47.1 Å². The van der Waals surface area contributed by atoms with Gasteiger partial charge in [0, 0.05) is 16.4 Å². The predicted octanol–water partition coefficient (Wildman–Crippen LogP) is 2.41. The van der Waals surface area contributed by atoms with E-state index in [4.69, 9.17) is 0 Å². The fourth-order valence-electron chi connectivity index (χ4n) is 1.66. The molecule has 1 aromatic heterocycles. The van der Waals surface area contributed by atoms with Crippen LogP contribution in [0.1, 0.15) is 11.3 Å². The molecule has 2 aromatic rings. The first-order valence-corrected chi connectivity index (χ1v) is 7.11. The molecule has 0 radical (unpaired) electrons. The first kappa shape index (κ1) is 15.2. The standard InChI is InChI=1S/C15H14BrN3O2/c1-10-8-11(5-6-13(10)16)19-15(21)14(20)18-9-12-4-2-3-7-17-12/h2-8H,9H2,1H3,(H,18,20)(H,19,21). The average Bonchev–Trinajstić information content (AvgIpc) is 2.49. The van der Waals surface area contributed by atoms with Gasteiger partial charge in [-0.3, -0.25) is 14.6 Å². The quantitative estimate of drug-likeness (QED) is 0.837. The van der Waals surface area contributed by atoms with Crippen LogP contribution in [0, 0.1) is 6.92 Å². The Labute approximate surface area is 130 Å². The van der Waals surface area contributed by atoms with Crippen LogP contribution in [0.5, 0.6) is 0 Å². The summed E-state index contributed by atoms with van der Waals surface area (Å²) in [5.74, 6) is -1.39. The number of halogens is 1. The van der Waals surface area contributed by atoms with Crippen molar-refractivity contribution >= 4 is 33.4 Å². The van der Waals surface area contributed by atoms with Gasteiger partial charge < -0.3 is 10.6 Å². The number of hydrogen-bond donors (Lipinski definition) is 2. The van der Waals surface area contributed by atoms with Gasteiger partial charge in [0.2, 0.25) is 0 Å². The molecule has 0 bridgehead atoms. The summed E-state index contributed by atoms with van der Waals surface area (Å²) in [5, 5.41) is 5.08. The largest absolute Gasteiger partial charge is 0.342 e. The molecule has 108 valence electrons. The van der Waals surface area contributed by atoms with Crippen molar-refractivity contribution in [2.45, 2.75) is 13.5 Å². The lowest BCUT2D eigenvalue weighted by atomic mass is 10.2. The topological polar surface area (TPSA) is 71.1 Å². The molecule has 0 saturated carbocycles. The zero-order chi connectivity index (χ0) is 15.2. The summed E-state index contributed by atoms with van der Waals surface area (Å²) in [6.07, 6.45) is 1.63. The van der Waals surface area contributed by atoms with Crippen molar-refractivity contribution in [1.29, 1.82) is 0 Å². The smallest absolute Gasteiger partial charge is 0.313 e. The van der Waals surface area contributed by atoms with Crippen molar-refractivity contribution in [2.24, 2.45) is 0 Å². The summed E-state index contributed by atoms with van der Waals surface area (Å²) in [6, 6.07) is 10.7. The van der Waals surface area contributed by atoms with Crippen molar-refractivity contribution in [3.8, 4) is 0 Å². The van der Waals surface area contributed by atoms with Crippen LogP contribution in [0.2, 0.25) is 0 Å². The van der Waals surface area contributed by atoms with Gasteiger partial charge in [0.15, 0.2) is 0 Å². The highest BCUT2D eigenvalue weighted by atomic mass is 79.9. The van der Waals surface area contributed by atoms with E-state index in [-0.39, 0.29) is 6.54 Å². The Hall–Kier alpha value is -2.21. The molecule has 21 heavy (non-hydrogen) atoms. The highest BCUT2D eigenvalue weighted by Crippen LogP contribution is 2.19. The van der Waals surface area contributed by atoms with Gasteiger partial charge in [-0.2, -0.15) is 0 Å². The van der Waals surface area contributed by atoms with Crippen LogP contribution >= 0.6 is 15.9 Å². The molecule has 1 heterocycles. The lowest BCUT2D eigenvalue weighted by Gasteiger charge is -2.07. The van der Waals surface area contributed by atoms with Crippen molar-refractivity contribution in [3.05, 3.63) is 58.3 Å². The maximum absolute atomic E-state index is 11.8. The molecule has 0 atom stereocenters. The van der Waals surface area contributed by atoms with Gasteiger partial charge in [-0.15, -0.1) is 0 Å². The molecule has 6 heteroatoms. The van der Waals surface area contributed by atoms with Crippen molar-refractivity contribution in [3.63, 3.8) is 0 Å². The number of carbonyl (C=O) groups is 2. The normalized spacial score (nSPS) is 10.0. The number of benzene rings is 1. The SMILES string of the molecule is Cc1cc(NC(=O)C(=O)NCc2ccccn2)ccc1Br. The van der Waals surface area contributed by atoms with Crippen LogP contribution in [0.4, 0.5) is 5.69 Å². The Kier molecular flexibility index (Phi) is 5.05. The lowest BCUT2D eigenvalue weighted by molar-refractivity contribution is -0.136. The van der Waals surface area contributed by atoms with Crippen LogP contribution < -0.4 is 10.6 Å². The van der Waals surface area contributed by atoms with Crippen molar-refractivity contribution < 1.29 is 9.59 Å². The van der Waals surface area contributed by atoms with E-state index in [1.54, 1.807) is 30.5 Å². The van der Waals surface area contributed by atoms with E-state index in [0.29, 0.717) is 11.4 Å². The fraction of sp³-hybridized carbons (Fsp3) is 0.133. The third-order valence-corrected chi connectivity index (χ3v) is 3.67. The highest BCUT2D eigenvalue weighted by molar-refractivity contribution is 9.10. The third-order valence-electron chi connectivity index (χ3n) is 2.78. The zero-order valence-corrected chi connectivity index (χ0v) is 13.0. The Morgan fingerprint density at radius 1 is 1.19 bits per heavy atom. The number of carbonyl (C=O) groups excluding carboxylic acids is 2. The number of amides is 2. The number of aryl methyl sites for hydroxylation is 1. The van der Waals surface area contributed by atoms with Crippen LogP contribution in [-0.2, 0) is 16.1 Å². The second kappa shape index (κ2) is 6.99. The summed E-state index contributed by atoms with van der Waals surface area (Å²) in [4.78, 5) is 27.6. The number of rotatable bonds is 3. The second-order valence-electron chi connectivity index (χ2n) is 4.42. The number of anilines is 1. The Balaban J connectivity index is 1.90. The van der Waals surface area contributed by atoms with Gasteiger partial charge in [-0.05, 0) is 42.8 Å². The lowest BCUT2D eigenvalue weighted by Crippen LogP contribution is -2.35. The number of nitrogens with one attached hydrogen (secondary N) is 2. The summed E-state index contributed by atoms with van der Waals surface area (Å²) in [7, 11) is 0. The Morgan fingerprint density at radius 3 is 2.67 bits per heavy atom. The highest BCUT2D eigenvalue weighted by Gasteiger charge is 2.13. The number of aromatic nitrogens is 1. The minimum Gasteiger partial charge on any atom is -0.342 e. The molecule has 0 aliphatic carbocycles. The molecule has 2 rings (SSSR count). The monoisotopic (exact) mass is 347 g/mol. The summed E-state index contributed by atoms with van der Waals surface area (Å²) in [5.41, 5.74) is 2.24. The van der Waals surface area contributed by atoms with E-state index in [1.165, 1.54) is 0 Å². The molecule has 0 aliphatic heterocycles. The molecule has 0 aliphatic rings. The molecular formula is C15H14BrN3O2. The fourth-order valence-corrected chi connectivity index (χ4v) is 1.91. The molecule has 0 spiro atoms. The molecule has 0 saturated heterocycles. The van der Waals surface area contributed by atoms with Gasteiger partial charge in [0.25, 0.3) is 0 Å². The summed E-state index contributed by atoms with van der Waals surface area (Å²) < 4.78 is 0.945. The van der Waals surface area contributed by atoms with E-state index in [0.717, 1.165) is 10.0 Å². The Bertz CT molecular complexity index is 659. The Morgan fingerprint density at radius 2 is 2.00 bits per heavy atom. The van der Waals surface area contributed by atoms with E-state index in [9.17, 15) is 9.59 Å². The molecule has 2 N–H and O–H groups in total. The van der Waals surface area contributed by atoms with Gasteiger partial charge in [0.05, 0.1) is 12.2 Å². The van der Waals surface area contributed by atoms with E-state index >= 15 is 0 Å². The van der Waals surface area contributed by atoms with Gasteiger partial charge in [-0.25, -0.2) is 0 Å². The van der Waals surface area contributed by atoms with E-state index in [2.05, 4.69) is 31.5 Å². The zero-order valence-electron chi connectivity index (χ0n) is 11.4. The molecule has 0 unspecified atom stereocenters. The number of hydrogen-bond acceptors (Lipinski definition) is 3. The molecular weight excluding hydrogens is 334 g/mol. The predicted molar refractivity (Wildman–Crippen MR) is 83.6 cm³/mol. The minimum atomic E-state index is -0.701. The molecule has 5 nitrogen and oxygen atoms in total. The second-order valence-corrected chi connectivity index (χ2v) is 5.28. The molecule has 2 amide bonds. The minimum absolute atomic E-state index is 0.215. The van der Waals surface area contributed by atoms with Crippen molar-refractivity contribution in [2.75, 3.05) is 5.32 Å². The maximum atomic E-state index is 11.8. The number of nitrogens with zero attached hydrogens (tertiary/aromatic N) is 1. The third kappa shape index (κ3) is 4.39. The number of pyridine rings is 1. The van der Waals surface area contributed by atoms with Gasteiger partial charge >= 0.3 is 11.8 Å². The average molecular weight is 348 g/mol. The van der Waals surface area contributed by atoms with Crippen LogP contribution in [0.25, 0.3) is 0 Å². The molecule has 0 fully saturated rings. The van der Waals surface area contributed by atoms with Gasteiger partial charge in [-0.1, -0.05) is 22.0 Å². The first-order chi connectivity index (χ1) is 10.1. The molecule has 1 aromatic carbocycles. The van der Waals surface area contributed by atoms with E-state index in [1.807, 2.05) is 19.1 Å². The first-order valence-electron chi connectivity index (χ1n) is 6.31. The van der Waals surface area contributed by atoms with Crippen molar-refractivity contribution in [1.82, 2.24) is 10.3 Å².